The van der Waals surface area contributed by atoms with Crippen LogP contribution in [-0.2, 0) is 30.7 Å². The second-order valence-corrected chi connectivity index (χ2v) is 8.53. The Morgan fingerprint density at radius 1 is 1.07 bits per heavy atom. The van der Waals surface area contributed by atoms with Gasteiger partial charge < -0.3 is 9.15 Å². The van der Waals surface area contributed by atoms with Crippen molar-refractivity contribution in [3.05, 3.63) is 39.5 Å². The number of rotatable bonds is 5. The van der Waals surface area contributed by atoms with Crippen molar-refractivity contribution in [2.45, 2.75) is 76.4 Å². The van der Waals surface area contributed by atoms with Gasteiger partial charge in [0.25, 0.3) is 5.56 Å². The van der Waals surface area contributed by atoms with Crippen molar-refractivity contribution in [2.24, 2.45) is 0 Å². The standard InChI is InChI=1S/C21H29N5O3/c27-20-12-16-4-1-2-6-18(16)24-26(20)13-17-5-3-9-25(17)14-19-22-23-21(29-19)15-7-10-28-11-8-15/h12,15,17H,1-11,13-14H2. The van der Waals surface area contributed by atoms with E-state index in [1.165, 1.54) is 6.42 Å². The van der Waals surface area contributed by atoms with Gasteiger partial charge in [0, 0.05) is 31.2 Å². The first kappa shape index (κ1) is 18.9. The molecule has 4 heterocycles. The van der Waals surface area contributed by atoms with E-state index in [0.717, 1.165) is 81.9 Å². The van der Waals surface area contributed by atoms with Gasteiger partial charge in [-0.15, -0.1) is 10.2 Å². The van der Waals surface area contributed by atoms with Crippen LogP contribution >= 0.6 is 0 Å². The van der Waals surface area contributed by atoms with Crippen LogP contribution in [0.3, 0.4) is 0 Å². The molecule has 156 valence electrons. The van der Waals surface area contributed by atoms with Gasteiger partial charge in [0.05, 0.1) is 18.8 Å². The Morgan fingerprint density at radius 2 is 1.93 bits per heavy atom. The third-order valence-corrected chi connectivity index (χ3v) is 6.55. The Bertz CT molecular complexity index is 902. The molecule has 1 unspecified atom stereocenters. The molecule has 5 rings (SSSR count). The van der Waals surface area contributed by atoms with E-state index in [-0.39, 0.29) is 11.6 Å². The molecule has 29 heavy (non-hydrogen) atoms. The third kappa shape index (κ3) is 4.14. The predicted octanol–water partition coefficient (Wildman–Crippen LogP) is 2.06. The quantitative estimate of drug-likeness (QED) is 0.761. The zero-order chi connectivity index (χ0) is 19.6. The largest absolute Gasteiger partial charge is 0.424 e. The molecule has 0 radical (unpaired) electrons. The first-order valence-electron chi connectivity index (χ1n) is 11.0. The maximum absolute atomic E-state index is 12.6. The van der Waals surface area contributed by atoms with E-state index in [1.807, 2.05) is 0 Å². The number of hydrogen-bond acceptors (Lipinski definition) is 7. The van der Waals surface area contributed by atoms with Crippen LogP contribution in [0, 0.1) is 0 Å². The molecule has 2 fully saturated rings. The Kier molecular flexibility index (Phi) is 5.46. The molecular formula is C21H29N5O3. The zero-order valence-electron chi connectivity index (χ0n) is 16.9. The summed E-state index contributed by atoms with van der Waals surface area (Å²) in [4.78, 5) is 14.9. The number of likely N-dealkylation sites (tertiary alicyclic amines) is 1. The highest BCUT2D eigenvalue weighted by Crippen LogP contribution is 2.27. The maximum atomic E-state index is 12.6. The molecule has 0 aromatic carbocycles. The summed E-state index contributed by atoms with van der Waals surface area (Å²) in [6.07, 6.45) is 8.37. The van der Waals surface area contributed by atoms with Gasteiger partial charge in [0.15, 0.2) is 0 Å². The smallest absolute Gasteiger partial charge is 0.267 e. The highest BCUT2D eigenvalue weighted by atomic mass is 16.5. The lowest BCUT2D eigenvalue weighted by Crippen LogP contribution is -2.37. The zero-order valence-corrected chi connectivity index (χ0v) is 16.9. The molecule has 1 atom stereocenters. The second kappa shape index (κ2) is 8.36. The first-order valence-corrected chi connectivity index (χ1v) is 11.0. The summed E-state index contributed by atoms with van der Waals surface area (Å²) in [5.41, 5.74) is 2.28. The molecule has 3 aliphatic rings. The van der Waals surface area contributed by atoms with Crippen molar-refractivity contribution in [1.82, 2.24) is 24.9 Å². The van der Waals surface area contributed by atoms with Crippen molar-refractivity contribution in [3.63, 3.8) is 0 Å². The highest BCUT2D eigenvalue weighted by Gasteiger charge is 2.28. The summed E-state index contributed by atoms with van der Waals surface area (Å²) in [7, 11) is 0. The van der Waals surface area contributed by atoms with Gasteiger partial charge in [-0.2, -0.15) is 5.10 Å². The molecule has 1 aliphatic carbocycles. The molecule has 0 bridgehead atoms. The molecule has 0 amide bonds. The van der Waals surface area contributed by atoms with Gasteiger partial charge in [-0.1, -0.05) is 0 Å². The summed E-state index contributed by atoms with van der Waals surface area (Å²) < 4.78 is 13.1. The van der Waals surface area contributed by atoms with E-state index in [4.69, 9.17) is 14.3 Å². The topological polar surface area (TPSA) is 86.3 Å². The molecule has 0 N–H and O–H groups in total. The van der Waals surface area contributed by atoms with E-state index in [0.29, 0.717) is 24.9 Å². The van der Waals surface area contributed by atoms with E-state index in [9.17, 15) is 4.79 Å². The van der Waals surface area contributed by atoms with Crippen LogP contribution < -0.4 is 5.56 Å². The average molecular weight is 399 g/mol. The maximum Gasteiger partial charge on any atom is 0.267 e. The first-order chi connectivity index (χ1) is 14.3. The van der Waals surface area contributed by atoms with Crippen LogP contribution in [0.5, 0.6) is 0 Å². The normalized spacial score (nSPS) is 23.4. The summed E-state index contributed by atoms with van der Waals surface area (Å²) in [6.45, 7) is 3.78. The predicted molar refractivity (Wildman–Crippen MR) is 106 cm³/mol. The van der Waals surface area contributed by atoms with Crippen LogP contribution in [0.4, 0.5) is 0 Å². The number of ether oxygens (including phenoxy) is 1. The Balaban J connectivity index is 1.26. The molecule has 2 aromatic heterocycles. The van der Waals surface area contributed by atoms with Gasteiger partial charge in [-0.3, -0.25) is 9.69 Å². The molecule has 2 aliphatic heterocycles. The Morgan fingerprint density at radius 3 is 2.83 bits per heavy atom. The van der Waals surface area contributed by atoms with E-state index < -0.39 is 0 Å². The molecule has 2 saturated heterocycles. The fraction of sp³-hybridized carbons (Fsp3) is 0.714. The van der Waals surface area contributed by atoms with Crippen LogP contribution in [0.2, 0.25) is 0 Å². The molecule has 2 aromatic rings. The van der Waals surface area contributed by atoms with Gasteiger partial charge in [-0.25, -0.2) is 4.68 Å². The average Bonchev–Trinajstić information content (AvgIpc) is 3.39. The second-order valence-electron chi connectivity index (χ2n) is 8.53. The minimum absolute atomic E-state index is 0.0251. The Labute approximate surface area is 170 Å². The minimum atomic E-state index is 0.0251. The van der Waals surface area contributed by atoms with Crippen LogP contribution in [0.15, 0.2) is 15.3 Å². The van der Waals surface area contributed by atoms with Crippen LogP contribution in [0.1, 0.15) is 67.5 Å². The van der Waals surface area contributed by atoms with Gasteiger partial charge in [-0.05, 0) is 63.5 Å². The minimum Gasteiger partial charge on any atom is -0.424 e. The molecule has 0 spiro atoms. The van der Waals surface area contributed by atoms with Crippen LogP contribution in [-0.4, -0.2) is 50.7 Å². The number of nitrogens with zero attached hydrogens (tertiary/aromatic N) is 5. The number of fused-ring (bicyclic) bond motifs is 1. The van der Waals surface area contributed by atoms with Gasteiger partial charge in [0.2, 0.25) is 11.8 Å². The fourth-order valence-corrected chi connectivity index (χ4v) is 4.86. The van der Waals surface area contributed by atoms with Crippen LogP contribution in [0.25, 0.3) is 0 Å². The third-order valence-electron chi connectivity index (χ3n) is 6.55. The lowest BCUT2D eigenvalue weighted by Gasteiger charge is -2.24. The van der Waals surface area contributed by atoms with E-state index in [2.05, 4.69) is 15.1 Å². The lowest BCUT2D eigenvalue weighted by atomic mass is 9.97. The van der Waals surface area contributed by atoms with Gasteiger partial charge >= 0.3 is 0 Å². The number of aryl methyl sites for hydroxylation is 2. The Hall–Kier alpha value is -2.06. The summed E-state index contributed by atoms with van der Waals surface area (Å²) in [5, 5.41) is 13.3. The summed E-state index contributed by atoms with van der Waals surface area (Å²) in [6, 6.07) is 2.08. The fourth-order valence-electron chi connectivity index (χ4n) is 4.86. The van der Waals surface area contributed by atoms with Crippen molar-refractivity contribution in [2.75, 3.05) is 19.8 Å². The molecule has 8 nitrogen and oxygen atoms in total. The molecule has 0 saturated carbocycles. The summed E-state index contributed by atoms with van der Waals surface area (Å²) >= 11 is 0. The van der Waals surface area contributed by atoms with Crippen molar-refractivity contribution in [3.8, 4) is 0 Å². The molecule has 8 heteroatoms. The number of aromatic nitrogens is 4. The molecular weight excluding hydrogens is 370 g/mol. The highest BCUT2D eigenvalue weighted by molar-refractivity contribution is 5.20. The number of hydrogen-bond donors (Lipinski definition) is 0. The van der Waals surface area contributed by atoms with Gasteiger partial charge in [0.1, 0.15) is 0 Å². The lowest BCUT2D eigenvalue weighted by molar-refractivity contribution is 0.0787. The van der Waals surface area contributed by atoms with E-state index in [1.54, 1.807) is 10.7 Å². The van der Waals surface area contributed by atoms with Crippen molar-refractivity contribution < 1.29 is 9.15 Å². The van der Waals surface area contributed by atoms with Crippen molar-refractivity contribution in [1.29, 1.82) is 0 Å². The van der Waals surface area contributed by atoms with Crippen molar-refractivity contribution >= 4 is 0 Å². The SMILES string of the molecule is O=c1cc2c(nn1CC1CCCN1Cc1nnc(C3CCOCC3)o1)CCCC2. The monoisotopic (exact) mass is 399 g/mol. The summed E-state index contributed by atoms with van der Waals surface area (Å²) in [5.74, 6) is 1.73. The van der Waals surface area contributed by atoms with E-state index >= 15 is 0 Å².